The first kappa shape index (κ1) is 15.0. The molecule has 2 rings (SSSR count). The molecule has 0 radical (unpaired) electrons. The molecule has 20 heavy (non-hydrogen) atoms. The minimum absolute atomic E-state index is 0.144. The maximum absolute atomic E-state index is 12.5. The van der Waals surface area contributed by atoms with Crippen molar-refractivity contribution in [2.45, 2.75) is 44.9 Å². The van der Waals surface area contributed by atoms with Crippen molar-refractivity contribution in [1.82, 2.24) is 10.3 Å². The first-order valence-corrected chi connectivity index (χ1v) is 7.64. The molecule has 110 valence electrons. The number of hydrogen-bond acceptors (Lipinski definition) is 3. The summed E-state index contributed by atoms with van der Waals surface area (Å²) in [5.74, 6) is 0.144. The molecule has 1 amide bonds. The van der Waals surface area contributed by atoms with E-state index in [0.29, 0.717) is 13.1 Å². The summed E-state index contributed by atoms with van der Waals surface area (Å²) in [7, 11) is 0. The number of nitrogens with one attached hydrogen (secondary N) is 1. The Morgan fingerprint density at radius 1 is 1.30 bits per heavy atom. The van der Waals surface area contributed by atoms with Crippen molar-refractivity contribution in [2.24, 2.45) is 11.1 Å². The molecule has 0 aliphatic heterocycles. The van der Waals surface area contributed by atoms with Crippen molar-refractivity contribution in [3.63, 3.8) is 0 Å². The number of amides is 1. The number of pyridine rings is 1. The fraction of sp³-hybridized carbons (Fsp3) is 0.625. The van der Waals surface area contributed by atoms with E-state index in [-0.39, 0.29) is 11.3 Å². The summed E-state index contributed by atoms with van der Waals surface area (Å²) in [5.41, 5.74) is 6.74. The van der Waals surface area contributed by atoms with Crippen molar-refractivity contribution in [3.8, 4) is 0 Å². The second-order valence-electron chi connectivity index (χ2n) is 5.77. The van der Waals surface area contributed by atoms with Crippen LogP contribution in [0.2, 0.25) is 0 Å². The lowest BCUT2D eigenvalue weighted by Gasteiger charge is -2.29. The van der Waals surface area contributed by atoms with Gasteiger partial charge in [0.2, 0.25) is 5.91 Å². The van der Waals surface area contributed by atoms with Crippen LogP contribution < -0.4 is 11.1 Å². The zero-order chi connectivity index (χ0) is 14.3. The van der Waals surface area contributed by atoms with Crippen LogP contribution in [-0.4, -0.2) is 24.0 Å². The van der Waals surface area contributed by atoms with E-state index in [0.717, 1.165) is 37.7 Å². The van der Waals surface area contributed by atoms with Gasteiger partial charge in [-0.25, -0.2) is 0 Å². The monoisotopic (exact) mass is 275 g/mol. The van der Waals surface area contributed by atoms with E-state index < -0.39 is 0 Å². The molecule has 0 aromatic carbocycles. The number of carbonyl (C=O) groups excluding carboxylic acids is 1. The molecule has 1 heterocycles. The van der Waals surface area contributed by atoms with E-state index in [4.69, 9.17) is 5.73 Å². The van der Waals surface area contributed by atoms with Gasteiger partial charge in [-0.3, -0.25) is 9.78 Å². The summed E-state index contributed by atoms with van der Waals surface area (Å²) in [4.78, 5) is 16.6. The largest absolute Gasteiger partial charge is 0.355 e. The third-order valence-corrected chi connectivity index (χ3v) is 4.36. The lowest BCUT2D eigenvalue weighted by atomic mass is 9.79. The predicted molar refractivity (Wildman–Crippen MR) is 80.1 cm³/mol. The third kappa shape index (κ3) is 3.79. The molecule has 0 bridgehead atoms. The van der Waals surface area contributed by atoms with Crippen LogP contribution in [0.1, 0.15) is 44.1 Å². The van der Waals surface area contributed by atoms with Gasteiger partial charge in [-0.2, -0.15) is 0 Å². The van der Waals surface area contributed by atoms with Crippen molar-refractivity contribution in [1.29, 1.82) is 0 Å². The Bertz CT molecular complexity index is 411. The third-order valence-electron chi connectivity index (χ3n) is 4.36. The molecule has 1 aliphatic rings. The number of aromatic nitrogens is 1. The van der Waals surface area contributed by atoms with Crippen LogP contribution >= 0.6 is 0 Å². The first-order chi connectivity index (χ1) is 9.77. The summed E-state index contributed by atoms with van der Waals surface area (Å²) < 4.78 is 0. The van der Waals surface area contributed by atoms with E-state index in [1.54, 1.807) is 6.20 Å². The van der Waals surface area contributed by atoms with Crippen molar-refractivity contribution in [3.05, 3.63) is 30.1 Å². The van der Waals surface area contributed by atoms with Crippen LogP contribution in [0.15, 0.2) is 24.5 Å². The number of nitrogens with two attached hydrogens (primary N) is 1. The molecule has 0 saturated heterocycles. The van der Waals surface area contributed by atoms with Crippen LogP contribution in [0.5, 0.6) is 0 Å². The normalized spacial score (nSPS) is 18.2. The molecule has 4 nitrogen and oxygen atoms in total. The van der Waals surface area contributed by atoms with E-state index in [1.165, 1.54) is 12.8 Å². The maximum atomic E-state index is 12.5. The molecule has 1 fully saturated rings. The lowest BCUT2D eigenvalue weighted by molar-refractivity contribution is -0.131. The zero-order valence-electron chi connectivity index (χ0n) is 12.1. The molecule has 1 aliphatic carbocycles. The van der Waals surface area contributed by atoms with Gasteiger partial charge in [0, 0.05) is 25.5 Å². The van der Waals surface area contributed by atoms with Gasteiger partial charge >= 0.3 is 0 Å². The van der Waals surface area contributed by atoms with Gasteiger partial charge < -0.3 is 11.1 Å². The summed E-state index contributed by atoms with van der Waals surface area (Å²) >= 11 is 0. The Labute approximate surface area is 121 Å². The van der Waals surface area contributed by atoms with Crippen LogP contribution in [0.25, 0.3) is 0 Å². The highest BCUT2D eigenvalue weighted by molar-refractivity contribution is 5.82. The van der Waals surface area contributed by atoms with Gasteiger partial charge in [-0.15, -0.1) is 0 Å². The Morgan fingerprint density at radius 3 is 2.65 bits per heavy atom. The second-order valence-corrected chi connectivity index (χ2v) is 5.77. The van der Waals surface area contributed by atoms with E-state index in [9.17, 15) is 4.79 Å². The van der Waals surface area contributed by atoms with Gasteiger partial charge in [0.05, 0.1) is 5.41 Å². The number of rotatable bonds is 5. The average Bonchev–Trinajstić information content (AvgIpc) is 2.74. The molecule has 0 atom stereocenters. The van der Waals surface area contributed by atoms with Crippen molar-refractivity contribution >= 4 is 5.91 Å². The topological polar surface area (TPSA) is 68.0 Å². The molecule has 1 aromatic rings. The fourth-order valence-corrected chi connectivity index (χ4v) is 2.98. The lowest BCUT2D eigenvalue weighted by Crippen LogP contribution is -2.46. The van der Waals surface area contributed by atoms with Crippen LogP contribution in [0.4, 0.5) is 0 Å². The Kier molecular flexibility index (Phi) is 5.53. The average molecular weight is 275 g/mol. The number of nitrogens with zero attached hydrogens (tertiary/aromatic N) is 1. The Morgan fingerprint density at radius 2 is 2.05 bits per heavy atom. The van der Waals surface area contributed by atoms with Gasteiger partial charge in [0.1, 0.15) is 0 Å². The summed E-state index contributed by atoms with van der Waals surface area (Å²) in [6.07, 6.45) is 11.0. The maximum Gasteiger partial charge on any atom is 0.227 e. The smallest absolute Gasteiger partial charge is 0.227 e. The van der Waals surface area contributed by atoms with Gasteiger partial charge in [0.25, 0.3) is 0 Å². The minimum Gasteiger partial charge on any atom is -0.355 e. The molecule has 4 heteroatoms. The van der Waals surface area contributed by atoms with Gasteiger partial charge in [-0.1, -0.05) is 31.7 Å². The molecule has 1 aromatic heterocycles. The van der Waals surface area contributed by atoms with Crippen LogP contribution in [-0.2, 0) is 11.2 Å². The molecular weight excluding hydrogens is 250 g/mol. The first-order valence-electron chi connectivity index (χ1n) is 7.64. The fourth-order valence-electron chi connectivity index (χ4n) is 2.98. The van der Waals surface area contributed by atoms with Gasteiger partial charge in [-0.05, 0) is 30.9 Å². The van der Waals surface area contributed by atoms with Crippen LogP contribution in [0.3, 0.4) is 0 Å². The molecule has 3 N–H and O–H groups in total. The Balaban J connectivity index is 1.86. The summed E-state index contributed by atoms with van der Waals surface area (Å²) in [5, 5.41) is 3.07. The number of hydrogen-bond donors (Lipinski definition) is 2. The molecule has 0 unspecified atom stereocenters. The van der Waals surface area contributed by atoms with E-state index in [2.05, 4.69) is 10.3 Å². The van der Waals surface area contributed by atoms with Crippen LogP contribution in [0, 0.1) is 5.41 Å². The second kappa shape index (κ2) is 7.39. The molecular formula is C16H25N3O. The minimum atomic E-state index is -0.328. The highest BCUT2D eigenvalue weighted by atomic mass is 16.2. The van der Waals surface area contributed by atoms with Crippen molar-refractivity contribution in [2.75, 3.05) is 13.1 Å². The highest BCUT2D eigenvalue weighted by Crippen LogP contribution is 2.34. The summed E-state index contributed by atoms with van der Waals surface area (Å²) in [6, 6.07) is 3.95. The molecule has 0 spiro atoms. The SMILES string of the molecule is NCC1(C(=O)NCCc2cccnc2)CCCCCC1. The highest BCUT2D eigenvalue weighted by Gasteiger charge is 2.36. The quantitative estimate of drug-likeness (QED) is 0.808. The summed E-state index contributed by atoms with van der Waals surface area (Å²) in [6.45, 7) is 1.12. The predicted octanol–water partition coefficient (Wildman–Crippen LogP) is 2.04. The molecule has 1 saturated carbocycles. The van der Waals surface area contributed by atoms with E-state index in [1.807, 2.05) is 18.3 Å². The number of carbonyl (C=O) groups is 1. The van der Waals surface area contributed by atoms with Gasteiger partial charge in [0.15, 0.2) is 0 Å². The Hall–Kier alpha value is -1.42. The standard InChI is InChI=1S/C16H25N3O/c17-13-16(8-3-1-2-4-9-16)15(20)19-11-7-14-6-5-10-18-12-14/h5-6,10,12H,1-4,7-9,11,13,17H2,(H,19,20). The van der Waals surface area contributed by atoms with E-state index >= 15 is 0 Å². The zero-order valence-corrected chi connectivity index (χ0v) is 12.1. The van der Waals surface area contributed by atoms with Crippen molar-refractivity contribution < 1.29 is 4.79 Å².